The molecular formula is C19H17N3O3S. The lowest BCUT2D eigenvalue weighted by atomic mass is 10.2. The highest BCUT2D eigenvalue weighted by Crippen LogP contribution is 2.27. The summed E-state index contributed by atoms with van der Waals surface area (Å²) < 4.78 is 26.2. The minimum absolute atomic E-state index is 0.0850. The van der Waals surface area contributed by atoms with Crippen LogP contribution in [0.5, 0.6) is 0 Å². The fourth-order valence-corrected chi connectivity index (χ4v) is 4.19. The zero-order valence-electron chi connectivity index (χ0n) is 13.8. The van der Waals surface area contributed by atoms with Crippen LogP contribution in [-0.4, -0.2) is 30.8 Å². The number of amides is 1. The van der Waals surface area contributed by atoms with Crippen LogP contribution in [0.15, 0.2) is 84.1 Å². The van der Waals surface area contributed by atoms with E-state index in [-0.39, 0.29) is 17.1 Å². The standard InChI is InChI=1S/C19H17N3O3S/c23-19(17-10-4-5-12-21-17)22-14-18(15-7-6-11-20-13-15)26(24,25)16-8-2-1-3-9-16/h1-13,18H,14H2,(H,22,23)/t18-/m1/s1. The Bertz CT molecular complexity index is 963. The highest BCUT2D eigenvalue weighted by molar-refractivity contribution is 7.91. The maximum Gasteiger partial charge on any atom is 0.269 e. The number of rotatable bonds is 6. The van der Waals surface area contributed by atoms with Gasteiger partial charge in [0.1, 0.15) is 10.9 Å². The zero-order valence-corrected chi connectivity index (χ0v) is 14.6. The van der Waals surface area contributed by atoms with Gasteiger partial charge < -0.3 is 5.32 Å². The van der Waals surface area contributed by atoms with Gasteiger partial charge in [-0.1, -0.05) is 30.3 Å². The van der Waals surface area contributed by atoms with Crippen LogP contribution in [0.25, 0.3) is 0 Å². The van der Waals surface area contributed by atoms with E-state index in [0.29, 0.717) is 5.56 Å². The van der Waals surface area contributed by atoms with Crippen molar-refractivity contribution in [3.05, 3.63) is 90.5 Å². The number of hydrogen-bond donors (Lipinski definition) is 1. The van der Waals surface area contributed by atoms with E-state index < -0.39 is 21.0 Å². The van der Waals surface area contributed by atoms with Crippen molar-refractivity contribution >= 4 is 15.7 Å². The van der Waals surface area contributed by atoms with E-state index in [4.69, 9.17) is 0 Å². The fourth-order valence-electron chi connectivity index (χ4n) is 2.52. The Balaban J connectivity index is 1.89. The summed E-state index contributed by atoms with van der Waals surface area (Å²) in [6, 6.07) is 16.5. The molecule has 0 aliphatic rings. The maximum absolute atomic E-state index is 13.1. The van der Waals surface area contributed by atoms with Gasteiger partial charge in [0.15, 0.2) is 9.84 Å². The van der Waals surface area contributed by atoms with E-state index in [1.165, 1.54) is 12.4 Å². The molecule has 0 fully saturated rings. The van der Waals surface area contributed by atoms with E-state index in [9.17, 15) is 13.2 Å². The van der Waals surface area contributed by atoms with Crippen molar-refractivity contribution in [3.63, 3.8) is 0 Å². The highest BCUT2D eigenvalue weighted by Gasteiger charge is 2.29. The van der Waals surface area contributed by atoms with Gasteiger partial charge in [0.2, 0.25) is 0 Å². The molecule has 3 aromatic rings. The van der Waals surface area contributed by atoms with E-state index >= 15 is 0 Å². The second-order valence-corrected chi connectivity index (χ2v) is 7.69. The largest absolute Gasteiger partial charge is 0.349 e. The summed E-state index contributed by atoms with van der Waals surface area (Å²) >= 11 is 0. The molecule has 6 nitrogen and oxygen atoms in total. The average molecular weight is 367 g/mol. The number of carbonyl (C=O) groups excluding carboxylic acids is 1. The van der Waals surface area contributed by atoms with Crippen LogP contribution in [0.4, 0.5) is 0 Å². The smallest absolute Gasteiger partial charge is 0.269 e. The molecular weight excluding hydrogens is 350 g/mol. The number of pyridine rings is 2. The van der Waals surface area contributed by atoms with Crippen molar-refractivity contribution in [2.75, 3.05) is 6.54 Å². The Kier molecular flexibility index (Phi) is 5.38. The summed E-state index contributed by atoms with van der Waals surface area (Å²) in [5.74, 6) is -0.428. The summed E-state index contributed by atoms with van der Waals surface area (Å²) in [6.45, 7) is -0.0850. The van der Waals surface area contributed by atoms with Crippen LogP contribution < -0.4 is 5.32 Å². The first-order chi connectivity index (χ1) is 12.6. The summed E-state index contributed by atoms with van der Waals surface area (Å²) in [7, 11) is -3.71. The van der Waals surface area contributed by atoms with E-state index in [2.05, 4.69) is 15.3 Å². The summed E-state index contributed by atoms with van der Waals surface area (Å²) in [5, 5.41) is 1.71. The van der Waals surface area contributed by atoms with Crippen molar-refractivity contribution in [3.8, 4) is 0 Å². The van der Waals surface area contributed by atoms with E-state index in [1.54, 1.807) is 66.9 Å². The van der Waals surface area contributed by atoms with Gasteiger partial charge in [0.05, 0.1) is 4.90 Å². The number of nitrogens with one attached hydrogen (secondary N) is 1. The third-order valence-electron chi connectivity index (χ3n) is 3.85. The van der Waals surface area contributed by atoms with Crippen LogP contribution in [0.2, 0.25) is 0 Å². The zero-order chi connectivity index (χ0) is 18.4. The Labute approximate surface area is 151 Å². The molecule has 0 bridgehead atoms. The Morgan fingerprint density at radius 1 is 0.962 bits per heavy atom. The molecule has 7 heteroatoms. The molecule has 1 N–H and O–H groups in total. The summed E-state index contributed by atoms with van der Waals surface area (Å²) in [4.78, 5) is 20.4. The number of carbonyl (C=O) groups is 1. The number of benzene rings is 1. The lowest BCUT2D eigenvalue weighted by Gasteiger charge is -2.18. The summed E-state index contributed by atoms with van der Waals surface area (Å²) in [5.41, 5.74) is 0.743. The SMILES string of the molecule is O=C(NC[C@H](c1cccnc1)S(=O)(=O)c1ccccc1)c1ccccn1. The van der Waals surface area contributed by atoms with Crippen LogP contribution in [0.1, 0.15) is 21.3 Å². The number of hydrogen-bond acceptors (Lipinski definition) is 5. The molecule has 132 valence electrons. The van der Waals surface area contributed by atoms with Gasteiger partial charge in [0, 0.05) is 25.1 Å². The van der Waals surface area contributed by atoms with E-state index in [0.717, 1.165) is 0 Å². The highest BCUT2D eigenvalue weighted by atomic mass is 32.2. The Morgan fingerprint density at radius 2 is 1.73 bits per heavy atom. The molecule has 0 saturated carbocycles. The Morgan fingerprint density at radius 3 is 2.38 bits per heavy atom. The molecule has 0 radical (unpaired) electrons. The van der Waals surface area contributed by atoms with Crippen molar-refractivity contribution in [2.24, 2.45) is 0 Å². The van der Waals surface area contributed by atoms with Gasteiger partial charge in [-0.15, -0.1) is 0 Å². The first-order valence-electron chi connectivity index (χ1n) is 7.97. The molecule has 2 heterocycles. The predicted octanol–water partition coefficient (Wildman–Crippen LogP) is 2.42. The molecule has 26 heavy (non-hydrogen) atoms. The first-order valence-corrected chi connectivity index (χ1v) is 9.52. The molecule has 1 aromatic carbocycles. The molecule has 3 rings (SSSR count). The third kappa shape index (κ3) is 3.94. The second-order valence-electron chi connectivity index (χ2n) is 5.56. The van der Waals surface area contributed by atoms with E-state index in [1.807, 2.05) is 0 Å². The van der Waals surface area contributed by atoms with Gasteiger partial charge in [-0.05, 0) is 35.9 Å². The van der Waals surface area contributed by atoms with Crippen molar-refractivity contribution < 1.29 is 13.2 Å². The molecule has 1 amide bonds. The van der Waals surface area contributed by atoms with Crippen molar-refractivity contribution in [1.29, 1.82) is 0 Å². The van der Waals surface area contributed by atoms with Crippen LogP contribution in [-0.2, 0) is 9.84 Å². The molecule has 0 aliphatic heterocycles. The quantitative estimate of drug-likeness (QED) is 0.723. The van der Waals surface area contributed by atoms with Crippen LogP contribution in [0.3, 0.4) is 0 Å². The average Bonchev–Trinajstić information content (AvgIpc) is 2.70. The van der Waals surface area contributed by atoms with Crippen molar-refractivity contribution in [2.45, 2.75) is 10.1 Å². The molecule has 2 aromatic heterocycles. The van der Waals surface area contributed by atoms with Gasteiger partial charge in [-0.3, -0.25) is 14.8 Å². The van der Waals surface area contributed by atoms with Gasteiger partial charge in [-0.2, -0.15) is 0 Å². The molecule has 1 atom stereocenters. The van der Waals surface area contributed by atoms with Crippen LogP contribution >= 0.6 is 0 Å². The number of nitrogens with zero attached hydrogens (tertiary/aromatic N) is 2. The minimum atomic E-state index is -3.71. The van der Waals surface area contributed by atoms with Gasteiger partial charge in [0.25, 0.3) is 5.91 Å². The first kappa shape index (κ1) is 17.8. The molecule has 0 aliphatic carbocycles. The van der Waals surface area contributed by atoms with Crippen LogP contribution in [0, 0.1) is 0 Å². The minimum Gasteiger partial charge on any atom is -0.349 e. The van der Waals surface area contributed by atoms with Gasteiger partial charge in [-0.25, -0.2) is 8.42 Å². The fraction of sp³-hybridized carbons (Fsp3) is 0.105. The Hall–Kier alpha value is -3.06. The maximum atomic E-state index is 13.1. The number of sulfone groups is 1. The predicted molar refractivity (Wildman–Crippen MR) is 97.2 cm³/mol. The monoisotopic (exact) mass is 367 g/mol. The second kappa shape index (κ2) is 7.88. The topological polar surface area (TPSA) is 89.0 Å². The third-order valence-corrected chi connectivity index (χ3v) is 5.97. The molecule has 0 unspecified atom stereocenters. The normalized spacial score (nSPS) is 12.3. The summed E-state index contributed by atoms with van der Waals surface area (Å²) in [6.07, 6.45) is 4.58. The number of aromatic nitrogens is 2. The van der Waals surface area contributed by atoms with Gasteiger partial charge >= 0.3 is 0 Å². The lowest BCUT2D eigenvalue weighted by Crippen LogP contribution is -2.32. The van der Waals surface area contributed by atoms with Crippen molar-refractivity contribution in [1.82, 2.24) is 15.3 Å². The molecule has 0 saturated heterocycles. The molecule has 0 spiro atoms. The lowest BCUT2D eigenvalue weighted by molar-refractivity contribution is 0.0948.